The Morgan fingerprint density at radius 2 is 1.79 bits per heavy atom. The van der Waals surface area contributed by atoms with Crippen LogP contribution in [0.3, 0.4) is 0 Å². The molecule has 1 saturated heterocycles. The Morgan fingerprint density at radius 1 is 1.04 bits per heavy atom. The summed E-state index contributed by atoms with van der Waals surface area (Å²) in [7, 11) is 1.68. The van der Waals surface area contributed by atoms with E-state index in [1.165, 1.54) is 11.3 Å². The minimum Gasteiger partial charge on any atom is -0.497 e. The van der Waals surface area contributed by atoms with Gasteiger partial charge in [0.2, 0.25) is 5.91 Å². The van der Waals surface area contributed by atoms with E-state index in [1.807, 2.05) is 35.2 Å². The van der Waals surface area contributed by atoms with Crippen LogP contribution >= 0.6 is 11.6 Å². The highest BCUT2D eigenvalue weighted by Gasteiger charge is 2.25. The summed E-state index contributed by atoms with van der Waals surface area (Å²) in [6.07, 6.45) is 2.09. The third-order valence-corrected chi connectivity index (χ3v) is 5.89. The lowest BCUT2D eigenvalue weighted by Crippen LogP contribution is -2.51. The van der Waals surface area contributed by atoms with Crippen LogP contribution in [0.1, 0.15) is 12.0 Å². The van der Waals surface area contributed by atoms with Crippen molar-refractivity contribution < 1.29 is 9.53 Å². The van der Waals surface area contributed by atoms with E-state index < -0.39 is 0 Å². The van der Waals surface area contributed by atoms with E-state index in [-0.39, 0.29) is 5.91 Å². The molecule has 1 amide bonds. The molecule has 0 bridgehead atoms. The van der Waals surface area contributed by atoms with Crippen molar-refractivity contribution in [2.24, 2.45) is 0 Å². The van der Waals surface area contributed by atoms with Crippen LogP contribution in [-0.4, -0.2) is 57.2 Å². The second-order valence-electron chi connectivity index (χ2n) is 7.36. The number of carbonyl (C=O) groups excluding carboxylic acids is 1. The normalized spacial score (nSPS) is 16.7. The number of halogens is 1. The summed E-state index contributed by atoms with van der Waals surface area (Å²) in [5.74, 6) is 1.07. The SMILES string of the molecule is COc1ccc(N2CCN(C(=O)CN3CCCc4cc(Cl)ccc43)CC2)cc1. The molecular formula is C22H26ClN3O2. The molecule has 0 radical (unpaired) electrons. The molecule has 4 rings (SSSR count). The molecule has 2 aromatic carbocycles. The van der Waals surface area contributed by atoms with Crippen LogP contribution in [0.4, 0.5) is 11.4 Å². The van der Waals surface area contributed by atoms with Crippen molar-refractivity contribution >= 4 is 28.9 Å². The molecule has 0 atom stereocenters. The predicted molar refractivity (Wildman–Crippen MR) is 114 cm³/mol. The maximum atomic E-state index is 12.9. The molecule has 0 spiro atoms. The molecule has 2 aliphatic heterocycles. The van der Waals surface area contributed by atoms with Crippen molar-refractivity contribution in [3.8, 4) is 5.75 Å². The van der Waals surface area contributed by atoms with Gasteiger partial charge in [-0.05, 0) is 60.9 Å². The first-order valence-corrected chi connectivity index (χ1v) is 10.2. The van der Waals surface area contributed by atoms with Crippen molar-refractivity contribution in [3.63, 3.8) is 0 Å². The zero-order valence-corrected chi connectivity index (χ0v) is 17.0. The maximum absolute atomic E-state index is 12.9. The van der Waals surface area contributed by atoms with Crippen LogP contribution in [-0.2, 0) is 11.2 Å². The van der Waals surface area contributed by atoms with Gasteiger partial charge in [-0.1, -0.05) is 11.6 Å². The number of carbonyl (C=O) groups is 1. The summed E-state index contributed by atoms with van der Waals surface area (Å²) in [4.78, 5) is 19.4. The van der Waals surface area contributed by atoms with E-state index in [9.17, 15) is 4.79 Å². The largest absolute Gasteiger partial charge is 0.497 e. The van der Waals surface area contributed by atoms with E-state index in [0.717, 1.165) is 62.0 Å². The molecule has 2 aliphatic rings. The zero-order valence-electron chi connectivity index (χ0n) is 16.2. The Morgan fingerprint density at radius 3 is 2.50 bits per heavy atom. The van der Waals surface area contributed by atoms with Gasteiger partial charge in [0.15, 0.2) is 0 Å². The number of piperazine rings is 1. The lowest BCUT2D eigenvalue weighted by Gasteiger charge is -2.38. The fourth-order valence-corrected chi connectivity index (χ4v) is 4.27. The fourth-order valence-electron chi connectivity index (χ4n) is 4.08. The van der Waals surface area contributed by atoms with Crippen molar-refractivity contribution in [1.82, 2.24) is 4.90 Å². The van der Waals surface area contributed by atoms with Gasteiger partial charge in [-0.3, -0.25) is 4.79 Å². The van der Waals surface area contributed by atoms with Crippen molar-refractivity contribution in [2.75, 3.05) is 56.2 Å². The molecule has 0 N–H and O–H groups in total. The third-order valence-electron chi connectivity index (χ3n) is 5.65. The molecule has 0 unspecified atom stereocenters. The van der Waals surface area contributed by atoms with Gasteiger partial charge < -0.3 is 19.4 Å². The summed E-state index contributed by atoms with van der Waals surface area (Å²) in [6.45, 7) is 4.58. The second kappa shape index (κ2) is 8.31. The highest BCUT2D eigenvalue weighted by molar-refractivity contribution is 6.30. The molecule has 2 aromatic rings. The maximum Gasteiger partial charge on any atom is 0.242 e. The van der Waals surface area contributed by atoms with Gasteiger partial charge in [0, 0.05) is 49.1 Å². The average molecular weight is 400 g/mol. The number of anilines is 2. The van der Waals surface area contributed by atoms with Gasteiger partial charge in [0.05, 0.1) is 13.7 Å². The van der Waals surface area contributed by atoms with Gasteiger partial charge in [0.25, 0.3) is 0 Å². The Kier molecular flexibility index (Phi) is 5.62. The molecule has 0 aromatic heterocycles. The number of methoxy groups -OCH3 is 1. The monoisotopic (exact) mass is 399 g/mol. The van der Waals surface area contributed by atoms with E-state index in [2.05, 4.69) is 21.9 Å². The third kappa shape index (κ3) is 4.04. The lowest BCUT2D eigenvalue weighted by molar-refractivity contribution is -0.130. The average Bonchev–Trinajstić information content (AvgIpc) is 2.74. The zero-order chi connectivity index (χ0) is 19.5. The second-order valence-corrected chi connectivity index (χ2v) is 7.80. The molecule has 148 valence electrons. The summed E-state index contributed by atoms with van der Waals surface area (Å²) in [5.41, 5.74) is 3.58. The number of ether oxygens (including phenoxy) is 1. The molecular weight excluding hydrogens is 374 g/mol. The lowest BCUT2D eigenvalue weighted by atomic mass is 10.0. The molecule has 1 fully saturated rings. The number of nitrogens with zero attached hydrogens (tertiary/aromatic N) is 3. The van der Waals surface area contributed by atoms with Gasteiger partial charge in [-0.15, -0.1) is 0 Å². The molecule has 5 nitrogen and oxygen atoms in total. The number of rotatable bonds is 4. The Labute approximate surface area is 171 Å². The molecule has 28 heavy (non-hydrogen) atoms. The van der Waals surface area contributed by atoms with Gasteiger partial charge >= 0.3 is 0 Å². The number of amides is 1. The summed E-state index contributed by atoms with van der Waals surface area (Å²) in [5, 5.41) is 0.765. The Hall–Kier alpha value is -2.40. The quantitative estimate of drug-likeness (QED) is 0.789. The summed E-state index contributed by atoms with van der Waals surface area (Å²) < 4.78 is 5.23. The van der Waals surface area contributed by atoms with Gasteiger partial charge in [0.1, 0.15) is 5.75 Å². The topological polar surface area (TPSA) is 36.0 Å². The van der Waals surface area contributed by atoms with Crippen LogP contribution in [0.5, 0.6) is 5.75 Å². The van der Waals surface area contributed by atoms with E-state index in [0.29, 0.717) is 6.54 Å². The number of fused-ring (bicyclic) bond motifs is 1. The number of hydrogen-bond acceptors (Lipinski definition) is 4. The van der Waals surface area contributed by atoms with Crippen LogP contribution < -0.4 is 14.5 Å². The summed E-state index contributed by atoms with van der Waals surface area (Å²) in [6, 6.07) is 14.1. The first-order chi connectivity index (χ1) is 13.6. The van der Waals surface area contributed by atoms with E-state index in [1.54, 1.807) is 7.11 Å². The molecule has 2 heterocycles. The Bertz CT molecular complexity index is 832. The minimum atomic E-state index is 0.206. The highest BCUT2D eigenvalue weighted by atomic mass is 35.5. The summed E-state index contributed by atoms with van der Waals surface area (Å²) >= 11 is 6.13. The Balaban J connectivity index is 1.34. The van der Waals surface area contributed by atoms with Crippen LogP contribution in [0.15, 0.2) is 42.5 Å². The van der Waals surface area contributed by atoms with Crippen molar-refractivity contribution in [2.45, 2.75) is 12.8 Å². The first-order valence-electron chi connectivity index (χ1n) is 9.84. The van der Waals surface area contributed by atoms with E-state index >= 15 is 0 Å². The molecule has 0 saturated carbocycles. The smallest absolute Gasteiger partial charge is 0.242 e. The fraction of sp³-hybridized carbons (Fsp3) is 0.409. The van der Waals surface area contributed by atoms with E-state index in [4.69, 9.17) is 16.3 Å². The minimum absolute atomic E-state index is 0.206. The number of benzene rings is 2. The standard InChI is InChI=1S/C22H26ClN3O2/c1-28-20-7-5-19(6-8-20)24-11-13-25(14-12-24)22(27)16-26-10-2-3-17-15-18(23)4-9-21(17)26/h4-9,15H,2-3,10-14,16H2,1H3. The molecule has 0 aliphatic carbocycles. The van der Waals surface area contributed by atoms with Gasteiger partial charge in [-0.2, -0.15) is 0 Å². The number of hydrogen-bond donors (Lipinski definition) is 0. The van der Waals surface area contributed by atoms with Gasteiger partial charge in [-0.25, -0.2) is 0 Å². The first kappa shape index (κ1) is 18.9. The molecule has 6 heteroatoms. The van der Waals surface area contributed by atoms with Crippen molar-refractivity contribution in [1.29, 1.82) is 0 Å². The van der Waals surface area contributed by atoms with Crippen LogP contribution in [0.2, 0.25) is 5.02 Å². The van der Waals surface area contributed by atoms with Crippen LogP contribution in [0, 0.1) is 0 Å². The number of aryl methyl sites for hydroxylation is 1. The predicted octanol–water partition coefficient (Wildman–Crippen LogP) is 3.45. The van der Waals surface area contributed by atoms with Crippen molar-refractivity contribution in [3.05, 3.63) is 53.1 Å². The van der Waals surface area contributed by atoms with Crippen LogP contribution in [0.25, 0.3) is 0 Å². The highest BCUT2D eigenvalue weighted by Crippen LogP contribution is 2.29.